The summed E-state index contributed by atoms with van der Waals surface area (Å²) in [6.07, 6.45) is 0. The Kier molecular flexibility index (Phi) is 3.52. The molecule has 0 saturated carbocycles. The molecular formula is C6H7B2BrO4. The molecular weight excluding hydrogens is 238 g/mol. The molecule has 4 nitrogen and oxygen atoms in total. The van der Waals surface area contributed by atoms with Gasteiger partial charge in [-0.3, -0.25) is 0 Å². The summed E-state index contributed by atoms with van der Waals surface area (Å²) in [5.74, 6) is 0. The fraction of sp³-hybridized carbons (Fsp3) is 0. The van der Waals surface area contributed by atoms with Crippen LogP contribution >= 0.6 is 15.9 Å². The molecule has 7 heteroatoms. The van der Waals surface area contributed by atoms with Crippen LogP contribution in [0.4, 0.5) is 0 Å². The van der Waals surface area contributed by atoms with Crippen molar-refractivity contribution in [1.82, 2.24) is 0 Å². The lowest BCUT2D eigenvalue weighted by Gasteiger charge is -2.04. The minimum Gasteiger partial charge on any atom is -0.423 e. The third-order valence-corrected chi connectivity index (χ3v) is 2.00. The second-order valence-corrected chi connectivity index (χ2v) is 3.48. The van der Waals surface area contributed by atoms with E-state index in [2.05, 4.69) is 15.9 Å². The third kappa shape index (κ3) is 2.82. The number of hydrogen-bond donors (Lipinski definition) is 4. The average molecular weight is 245 g/mol. The fourth-order valence-corrected chi connectivity index (χ4v) is 1.46. The maximum atomic E-state index is 8.83. The molecule has 0 bridgehead atoms. The zero-order chi connectivity index (χ0) is 10.0. The van der Waals surface area contributed by atoms with Crippen molar-refractivity contribution in [3.05, 3.63) is 22.7 Å². The SMILES string of the molecule is OB(O)c1cc(Br)cc(B(O)O)c1. The number of rotatable bonds is 2. The van der Waals surface area contributed by atoms with Gasteiger partial charge in [0.2, 0.25) is 0 Å². The van der Waals surface area contributed by atoms with Gasteiger partial charge in [0.25, 0.3) is 0 Å². The smallest absolute Gasteiger partial charge is 0.423 e. The van der Waals surface area contributed by atoms with Crippen molar-refractivity contribution in [1.29, 1.82) is 0 Å². The van der Waals surface area contributed by atoms with Crippen molar-refractivity contribution in [3.8, 4) is 0 Å². The van der Waals surface area contributed by atoms with E-state index in [-0.39, 0.29) is 10.9 Å². The van der Waals surface area contributed by atoms with Crippen LogP contribution in [-0.2, 0) is 0 Å². The molecule has 0 atom stereocenters. The van der Waals surface area contributed by atoms with Crippen LogP contribution in [0.25, 0.3) is 0 Å². The van der Waals surface area contributed by atoms with Crippen LogP contribution in [0.1, 0.15) is 0 Å². The van der Waals surface area contributed by atoms with Crippen LogP contribution in [0.15, 0.2) is 22.7 Å². The molecule has 0 fully saturated rings. The molecule has 68 valence electrons. The van der Waals surface area contributed by atoms with Crippen LogP contribution < -0.4 is 10.9 Å². The molecule has 0 aliphatic rings. The Labute approximate surface area is 84.3 Å². The average Bonchev–Trinajstić information content (AvgIpc) is 2.03. The Bertz CT molecular complexity index is 278. The molecule has 13 heavy (non-hydrogen) atoms. The predicted molar refractivity (Wildman–Crippen MR) is 53.8 cm³/mol. The molecule has 1 aromatic rings. The Morgan fingerprint density at radius 1 is 0.846 bits per heavy atom. The van der Waals surface area contributed by atoms with E-state index in [4.69, 9.17) is 20.1 Å². The van der Waals surface area contributed by atoms with E-state index in [9.17, 15) is 0 Å². The molecule has 1 rings (SSSR count). The lowest BCUT2D eigenvalue weighted by Crippen LogP contribution is -2.38. The van der Waals surface area contributed by atoms with Gasteiger partial charge in [-0.15, -0.1) is 0 Å². The minimum atomic E-state index is -1.62. The highest BCUT2D eigenvalue weighted by atomic mass is 79.9. The second kappa shape index (κ2) is 4.26. The monoisotopic (exact) mass is 244 g/mol. The minimum absolute atomic E-state index is 0.206. The maximum Gasteiger partial charge on any atom is 0.488 e. The Balaban J connectivity index is 3.11. The largest absolute Gasteiger partial charge is 0.488 e. The van der Waals surface area contributed by atoms with Gasteiger partial charge >= 0.3 is 14.2 Å². The zero-order valence-corrected chi connectivity index (χ0v) is 8.14. The number of benzene rings is 1. The standard InChI is InChI=1S/C6H7B2BrO4/c9-6-2-4(7(10)11)1-5(3-6)8(12)13/h1-3,10-13H. The first-order valence-electron chi connectivity index (χ1n) is 3.53. The molecule has 1 aromatic carbocycles. The number of hydrogen-bond acceptors (Lipinski definition) is 4. The van der Waals surface area contributed by atoms with Crippen LogP contribution in [0, 0.1) is 0 Å². The van der Waals surface area contributed by atoms with Crippen molar-refractivity contribution in [3.63, 3.8) is 0 Å². The van der Waals surface area contributed by atoms with Gasteiger partial charge in [0, 0.05) is 4.47 Å². The van der Waals surface area contributed by atoms with E-state index >= 15 is 0 Å². The summed E-state index contributed by atoms with van der Waals surface area (Å²) >= 11 is 3.11. The molecule has 0 radical (unpaired) electrons. The van der Waals surface area contributed by atoms with Crippen molar-refractivity contribution in [2.24, 2.45) is 0 Å². The summed E-state index contributed by atoms with van der Waals surface area (Å²) in [7, 11) is -3.23. The lowest BCUT2D eigenvalue weighted by molar-refractivity contribution is 0.425. The first-order chi connectivity index (χ1) is 6.00. The second-order valence-electron chi connectivity index (χ2n) is 2.57. The first-order valence-corrected chi connectivity index (χ1v) is 4.32. The van der Waals surface area contributed by atoms with Crippen LogP contribution in [0.5, 0.6) is 0 Å². The van der Waals surface area contributed by atoms with Gasteiger partial charge < -0.3 is 20.1 Å². The molecule has 0 heterocycles. The highest BCUT2D eigenvalue weighted by molar-refractivity contribution is 9.10. The fourth-order valence-electron chi connectivity index (χ4n) is 0.934. The summed E-state index contributed by atoms with van der Waals surface area (Å²) in [6.45, 7) is 0. The summed E-state index contributed by atoms with van der Waals surface area (Å²) in [6, 6.07) is 4.27. The van der Waals surface area contributed by atoms with Crippen LogP contribution in [0.3, 0.4) is 0 Å². The molecule has 0 saturated heterocycles. The summed E-state index contributed by atoms with van der Waals surface area (Å²) in [4.78, 5) is 0. The summed E-state index contributed by atoms with van der Waals surface area (Å²) < 4.78 is 0.557. The van der Waals surface area contributed by atoms with Gasteiger partial charge in [-0.2, -0.15) is 0 Å². The van der Waals surface area contributed by atoms with Gasteiger partial charge in [-0.05, 0) is 23.1 Å². The van der Waals surface area contributed by atoms with Crippen molar-refractivity contribution < 1.29 is 20.1 Å². The normalized spacial score (nSPS) is 9.92. The van der Waals surface area contributed by atoms with E-state index in [1.54, 1.807) is 0 Å². The van der Waals surface area contributed by atoms with Gasteiger partial charge in [0.1, 0.15) is 0 Å². The molecule has 4 N–H and O–H groups in total. The van der Waals surface area contributed by atoms with E-state index in [0.29, 0.717) is 4.47 Å². The van der Waals surface area contributed by atoms with Gasteiger partial charge in [-0.1, -0.05) is 22.0 Å². The highest BCUT2D eigenvalue weighted by Crippen LogP contribution is 2.04. The van der Waals surface area contributed by atoms with E-state index in [1.807, 2.05) is 0 Å². The summed E-state index contributed by atoms with van der Waals surface area (Å²) in [5.41, 5.74) is 0.412. The van der Waals surface area contributed by atoms with Crippen molar-refractivity contribution in [2.45, 2.75) is 0 Å². The molecule has 0 unspecified atom stereocenters. The third-order valence-electron chi connectivity index (χ3n) is 1.54. The van der Waals surface area contributed by atoms with E-state index in [1.165, 1.54) is 18.2 Å². The summed E-state index contributed by atoms with van der Waals surface area (Å²) in [5, 5.41) is 35.3. The Morgan fingerprint density at radius 3 is 1.54 bits per heavy atom. The Hall–Kier alpha value is -0.330. The van der Waals surface area contributed by atoms with E-state index in [0.717, 1.165) is 0 Å². The quantitative estimate of drug-likeness (QED) is 0.446. The number of halogens is 1. The van der Waals surface area contributed by atoms with Crippen molar-refractivity contribution in [2.75, 3.05) is 0 Å². The van der Waals surface area contributed by atoms with E-state index < -0.39 is 14.2 Å². The van der Waals surface area contributed by atoms with Gasteiger partial charge in [0.15, 0.2) is 0 Å². The zero-order valence-electron chi connectivity index (χ0n) is 6.55. The van der Waals surface area contributed by atoms with Crippen LogP contribution in [-0.4, -0.2) is 34.3 Å². The van der Waals surface area contributed by atoms with Gasteiger partial charge in [-0.25, -0.2) is 0 Å². The molecule has 0 spiro atoms. The lowest BCUT2D eigenvalue weighted by atomic mass is 9.73. The van der Waals surface area contributed by atoms with Crippen LogP contribution in [0.2, 0.25) is 0 Å². The molecule has 0 aliphatic carbocycles. The Morgan fingerprint density at radius 2 is 1.23 bits per heavy atom. The molecule has 0 amide bonds. The highest BCUT2D eigenvalue weighted by Gasteiger charge is 2.17. The van der Waals surface area contributed by atoms with Gasteiger partial charge in [0.05, 0.1) is 0 Å². The molecule has 0 aromatic heterocycles. The van der Waals surface area contributed by atoms with Crippen molar-refractivity contribution >= 4 is 41.1 Å². The molecule has 0 aliphatic heterocycles. The first kappa shape index (κ1) is 10.7. The maximum absolute atomic E-state index is 8.83. The topological polar surface area (TPSA) is 80.9 Å². The predicted octanol–water partition coefficient (Wildman–Crippen LogP) is -2.19.